The van der Waals surface area contributed by atoms with Gasteiger partial charge in [0, 0.05) is 8.45 Å². The molecular formula is C13H10INO4S. The summed E-state index contributed by atoms with van der Waals surface area (Å²) >= 11 is 3.25. The van der Waals surface area contributed by atoms with Crippen molar-refractivity contribution in [2.45, 2.75) is 6.04 Å². The van der Waals surface area contributed by atoms with E-state index in [0.717, 1.165) is 3.57 Å². The molecule has 0 radical (unpaired) electrons. The molecule has 0 aliphatic rings. The number of carboxylic acid groups (broad SMARTS) is 1. The number of rotatable bonds is 4. The van der Waals surface area contributed by atoms with Crippen molar-refractivity contribution in [3.63, 3.8) is 0 Å². The largest absolute Gasteiger partial charge is 0.507 e. The highest BCUT2D eigenvalue weighted by Crippen LogP contribution is 2.23. The van der Waals surface area contributed by atoms with Gasteiger partial charge in [-0.1, -0.05) is 6.07 Å². The summed E-state index contributed by atoms with van der Waals surface area (Å²) in [5.74, 6) is -1.95. The van der Waals surface area contributed by atoms with E-state index >= 15 is 0 Å². The fraction of sp³-hybridized carbons (Fsp3) is 0.0769. The first-order valence-corrected chi connectivity index (χ1v) is 7.50. The summed E-state index contributed by atoms with van der Waals surface area (Å²) in [5.41, 5.74) is 0.0553. The maximum atomic E-state index is 12.1. The summed E-state index contributed by atoms with van der Waals surface area (Å²) in [6, 6.07) is 6.78. The van der Waals surface area contributed by atoms with Crippen LogP contribution in [-0.4, -0.2) is 22.1 Å². The Balaban J connectivity index is 2.25. The molecule has 1 unspecified atom stereocenters. The Morgan fingerprint density at radius 3 is 2.65 bits per heavy atom. The molecule has 2 rings (SSSR count). The fourth-order valence-corrected chi connectivity index (χ4v) is 2.87. The number of carboxylic acids is 1. The van der Waals surface area contributed by atoms with E-state index in [2.05, 4.69) is 5.32 Å². The maximum absolute atomic E-state index is 12.1. The van der Waals surface area contributed by atoms with Crippen molar-refractivity contribution in [2.24, 2.45) is 0 Å². The van der Waals surface area contributed by atoms with Crippen LogP contribution in [0.25, 0.3) is 0 Å². The first-order chi connectivity index (χ1) is 9.49. The number of phenols is 1. The van der Waals surface area contributed by atoms with Gasteiger partial charge >= 0.3 is 5.97 Å². The minimum absolute atomic E-state index is 0.0553. The first kappa shape index (κ1) is 14.8. The van der Waals surface area contributed by atoms with Gasteiger partial charge in [-0.25, -0.2) is 4.79 Å². The lowest BCUT2D eigenvalue weighted by molar-refractivity contribution is -0.139. The predicted molar refractivity (Wildman–Crippen MR) is 83.0 cm³/mol. The molecule has 3 N–H and O–H groups in total. The number of benzene rings is 1. The van der Waals surface area contributed by atoms with E-state index in [0.29, 0.717) is 4.88 Å². The standard InChI is InChI=1S/C13H10INO4S/c14-7-3-4-9(16)8(6-7)12(17)15-11(13(18)19)10-2-1-5-20-10/h1-6,11,16H,(H,15,17)(H,18,19). The molecule has 2 aromatic rings. The molecule has 1 atom stereocenters. The smallest absolute Gasteiger partial charge is 0.331 e. The fourth-order valence-electron chi connectivity index (χ4n) is 1.61. The zero-order valence-electron chi connectivity index (χ0n) is 10.0. The van der Waals surface area contributed by atoms with E-state index < -0.39 is 17.9 Å². The number of aliphatic carboxylic acids is 1. The second-order valence-electron chi connectivity index (χ2n) is 3.92. The Hall–Kier alpha value is -1.61. The lowest BCUT2D eigenvalue weighted by Gasteiger charge is -2.13. The van der Waals surface area contributed by atoms with Crippen LogP contribution >= 0.6 is 33.9 Å². The number of carbonyl (C=O) groups excluding carboxylic acids is 1. The number of thiophene rings is 1. The Labute approximate surface area is 132 Å². The number of halogens is 1. The summed E-state index contributed by atoms with van der Waals surface area (Å²) in [6.07, 6.45) is 0. The average molecular weight is 403 g/mol. The van der Waals surface area contributed by atoms with E-state index in [4.69, 9.17) is 0 Å². The third-order valence-electron chi connectivity index (χ3n) is 2.55. The first-order valence-electron chi connectivity index (χ1n) is 5.54. The van der Waals surface area contributed by atoms with Crippen molar-refractivity contribution in [1.29, 1.82) is 0 Å². The maximum Gasteiger partial charge on any atom is 0.331 e. The molecule has 0 bridgehead atoms. The number of nitrogens with one attached hydrogen (secondary N) is 1. The van der Waals surface area contributed by atoms with Crippen molar-refractivity contribution < 1.29 is 19.8 Å². The van der Waals surface area contributed by atoms with Gasteiger partial charge in [-0.3, -0.25) is 4.79 Å². The van der Waals surface area contributed by atoms with Crippen LogP contribution in [0.5, 0.6) is 5.75 Å². The third-order valence-corrected chi connectivity index (χ3v) is 4.16. The van der Waals surface area contributed by atoms with Gasteiger partial charge in [0.2, 0.25) is 0 Å². The van der Waals surface area contributed by atoms with Crippen LogP contribution in [0.2, 0.25) is 0 Å². The Morgan fingerprint density at radius 2 is 2.05 bits per heavy atom. The quantitative estimate of drug-likeness (QED) is 0.686. The molecule has 1 heterocycles. The zero-order valence-corrected chi connectivity index (χ0v) is 13.0. The monoisotopic (exact) mass is 403 g/mol. The van der Waals surface area contributed by atoms with Gasteiger partial charge in [-0.05, 0) is 52.2 Å². The molecule has 0 aliphatic carbocycles. The van der Waals surface area contributed by atoms with Crippen LogP contribution in [0.15, 0.2) is 35.7 Å². The Kier molecular flexibility index (Phi) is 4.61. The van der Waals surface area contributed by atoms with E-state index in [9.17, 15) is 19.8 Å². The second kappa shape index (κ2) is 6.23. The van der Waals surface area contributed by atoms with Crippen molar-refractivity contribution in [1.82, 2.24) is 5.32 Å². The van der Waals surface area contributed by atoms with Gasteiger partial charge in [-0.2, -0.15) is 0 Å². The molecule has 0 fully saturated rings. The summed E-state index contributed by atoms with van der Waals surface area (Å²) in [5, 5.41) is 23.0. The Morgan fingerprint density at radius 1 is 1.30 bits per heavy atom. The van der Waals surface area contributed by atoms with Crippen molar-refractivity contribution in [2.75, 3.05) is 0 Å². The van der Waals surface area contributed by atoms with E-state index in [1.54, 1.807) is 23.6 Å². The van der Waals surface area contributed by atoms with Gasteiger partial charge in [0.25, 0.3) is 5.91 Å². The molecule has 5 nitrogen and oxygen atoms in total. The van der Waals surface area contributed by atoms with Crippen LogP contribution < -0.4 is 5.32 Å². The molecule has 1 amide bonds. The second-order valence-corrected chi connectivity index (χ2v) is 6.15. The topological polar surface area (TPSA) is 86.6 Å². The minimum Gasteiger partial charge on any atom is -0.507 e. The molecule has 1 aromatic heterocycles. The number of carbonyl (C=O) groups is 2. The predicted octanol–water partition coefficient (Wildman–Crippen LogP) is 2.61. The van der Waals surface area contributed by atoms with Gasteiger partial charge in [-0.15, -0.1) is 11.3 Å². The number of aromatic hydroxyl groups is 1. The van der Waals surface area contributed by atoms with E-state index in [-0.39, 0.29) is 11.3 Å². The van der Waals surface area contributed by atoms with Gasteiger partial charge in [0.1, 0.15) is 5.75 Å². The van der Waals surface area contributed by atoms with Gasteiger partial charge < -0.3 is 15.5 Å². The van der Waals surface area contributed by atoms with Crippen LogP contribution in [0, 0.1) is 3.57 Å². The average Bonchev–Trinajstić information content (AvgIpc) is 2.91. The number of hydrogen-bond acceptors (Lipinski definition) is 4. The molecule has 0 saturated heterocycles. The highest BCUT2D eigenvalue weighted by molar-refractivity contribution is 14.1. The molecule has 20 heavy (non-hydrogen) atoms. The van der Waals surface area contributed by atoms with Gasteiger partial charge in [0.15, 0.2) is 6.04 Å². The molecule has 104 valence electrons. The van der Waals surface area contributed by atoms with E-state index in [1.807, 2.05) is 22.6 Å². The molecule has 7 heteroatoms. The Bertz CT molecular complexity index is 642. The molecular weight excluding hydrogens is 393 g/mol. The summed E-state index contributed by atoms with van der Waals surface area (Å²) in [6.45, 7) is 0. The lowest BCUT2D eigenvalue weighted by Crippen LogP contribution is -2.33. The number of amides is 1. The number of hydrogen-bond donors (Lipinski definition) is 3. The van der Waals surface area contributed by atoms with Crippen LogP contribution in [0.4, 0.5) is 0 Å². The van der Waals surface area contributed by atoms with Crippen molar-refractivity contribution in [3.8, 4) is 5.75 Å². The molecule has 0 aliphatic heterocycles. The lowest BCUT2D eigenvalue weighted by atomic mass is 10.1. The molecule has 1 aromatic carbocycles. The van der Waals surface area contributed by atoms with Gasteiger partial charge in [0.05, 0.1) is 5.56 Å². The number of phenolic OH excluding ortho intramolecular Hbond substituents is 1. The SMILES string of the molecule is O=C(NC(C(=O)O)c1cccs1)c1cc(I)ccc1O. The molecule has 0 spiro atoms. The highest BCUT2D eigenvalue weighted by Gasteiger charge is 2.24. The summed E-state index contributed by atoms with van der Waals surface area (Å²) in [7, 11) is 0. The van der Waals surface area contributed by atoms with Crippen molar-refractivity contribution in [3.05, 3.63) is 49.7 Å². The third kappa shape index (κ3) is 3.28. The van der Waals surface area contributed by atoms with Crippen LogP contribution in [-0.2, 0) is 4.79 Å². The van der Waals surface area contributed by atoms with Crippen LogP contribution in [0.3, 0.4) is 0 Å². The zero-order chi connectivity index (χ0) is 14.7. The van der Waals surface area contributed by atoms with Crippen molar-refractivity contribution >= 4 is 45.8 Å². The van der Waals surface area contributed by atoms with Crippen LogP contribution in [0.1, 0.15) is 21.3 Å². The summed E-state index contributed by atoms with van der Waals surface area (Å²) < 4.78 is 0.772. The summed E-state index contributed by atoms with van der Waals surface area (Å²) in [4.78, 5) is 23.9. The highest BCUT2D eigenvalue weighted by atomic mass is 127. The van der Waals surface area contributed by atoms with E-state index in [1.165, 1.54) is 23.5 Å². The minimum atomic E-state index is -1.15. The molecule has 0 saturated carbocycles. The normalized spacial score (nSPS) is 11.8.